The van der Waals surface area contributed by atoms with Crippen molar-refractivity contribution < 1.29 is 9.90 Å². The molecule has 0 spiro atoms. The normalized spacial score (nSPS) is 16.6. The van der Waals surface area contributed by atoms with E-state index in [0.717, 1.165) is 41.8 Å². The van der Waals surface area contributed by atoms with E-state index in [-0.39, 0.29) is 11.5 Å². The maximum Gasteiger partial charge on any atom is 0.335 e. The van der Waals surface area contributed by atoms with Gasteiger partial charge in [-0.3, -0.25) is 0 Å². The molecule has 0 aliphatic heterocycles. The van der Waals surface area contributed by atoms with Crippen LogP contribution >= 0.6 is 0 Å². The number of anilines is 1. The molecular weight excluding hydrogens is 288 g/mol. The minimum atomic E-state index is -0.925. The Labute approximate surface area is 137 Å². The molecule has 0 fully saturated rings. The first kappa shape index (κ1) is 16.8. The SMILES string of the molecule is CCCCNc1cc(C(=O)O)cc(C)c1C1=CC=CC(C#N)C1. The van der Waals surface area contributed by atoms with Crippen molar-refractivity contribution in [2.45, 2.75) is 33.1 Å². The summed E-state index contributed by atoms with van der Waals surface area (Å²) in [6.07, 6.45) is 8.57. The van der Waals surface area contributed by atoms with E-state index in [1.807, 2.05) is 25.2 Å². The van der Waals surface area contributed by atoms with Gasteiger partial charge < -0.3 is 10.4 Å². The van der Waals surface area contributed by atoms with Crippen LogP contribution in [0.15, 0.2) is 30.4 Å². The molecule has 120 valence electrons. The number of aryl methyl sites for hydroxylation is 1. The molecule has 0 saturated heterocycles. The van der Waals surface area contributed by atoms with Gasteiger partial charge in [-0.2, -0.15) is 5.26 Å². The van der Waals surface area contributed by atoms with Crippen molar-refractivity contribution in [3.05, 3.63) is 47.1 Å². The Bertz CT molecular complexity index is 696. The lowest BCUT2D eigenvalue weighted by molar-refractivity contribution is 0.0697. The lowest BCUT2D eigenvalue weighted by Crippen LogP contribution is -2.09. The van der Waals surface area contributed by atoms with Crippen molar-refractivity contribution in [1.29, 1.82) is 5.26 Å². The fraction of sp³-hybridized carbons (Fsp3) is 0.368. The summed E-state index contributed by atoms with van der Waals surface area (Å²) in [4.78, 5) is 11.3. The number of unbranched alkanes of at least 4 members (excludes halogenated alkanes) is 1. The molecule has 0 amide bonds. The van der Waals surface area contributed by atoms with Crippen molar-refractivity contribution in [1.82, 2.24) is 0 Å². The first-order chi connectivity index (χ1) is 11.1. The first-order valence-electron chi connectivity index (χ1n) is 7.96. The zero-order valence-corrected chi connectivity index (χ0v) is 13.6. The summed E-state index contributed by atoms with van der Waals surface area (Å²) < 4.78 is 0. The number of nitrogens with zero attached hydrogens (tertiary/aromatic N) is 1. The third-order valence-electron chi connectivity index (χ3n) is 4.00. The van der Waals surface area contributed by atoms with Crippen LogP contribution in [0.2, 0.25) is 0 Å². The van der Waals surface area contributed by atoms with Gasteiger partial charge in [0, 0.05) is 17.8 Å². The van der Waals surface area contributed by atoms with Crippen molar-refractivity contribution in [3.8, 4) is 6.07 Å². The lowest BCUT2D eigenvalue weighted by atomic mass is 9.87. The van der Waals surface area contributed by atoms with Gasteiger partial charge in [0.05, 0.1) is 17.6 Å². The van der Waals surface area contributed by atoms with Crippen molar-refractivity contribution in [2.75, 3.05) is 11.9 Å². The van der Waals surface area contributed by atoms with Crippen LogP contribution in [-0.4, -0.2) is 17.6 Å². The molecule has 1 aromatic rings. The second-order valence-corrected chi connectivity index (χ2v) is 5.82. The third kappa shape index (κ3) is 4.01. The fourth-order valence-corrected chi connectivity index (χ4v) is 2.83. The number of carboxylic acid groups (broad SMARTS) is 1. The number of hydrogen-bond donors (Lipinski definition) is 2. The number of carbonyl (C=O) groups is 1. The second kappa shape index (κ2) is 7.64. The van der Waals surface area contributed by atoms with Crippen molar-refractivity contribution >= 4 is 17.2 Å². The van der Waals surface area contributed by atoms with E-state index in [9.17, 15) is 9.90 Å². The molecule has 2 N–H and O–H groups in total. The predicted molar refractivity (Wildman–Crippen MR) is 92.4 cm³/mol. The Balaban J connectivity index is 2.44. The van der Waals surface area contributed by atoms with Gasteiger partial charge >= 0.3 is 5.97 Å². The first-order valence-corrected chi connectivity index (χ1v) is 7.96. The molecule has 1 aromatic carbocycles. The predicted octanol–water partition coefficient (Wildman–Crippen LogP) is 4.39. The zero-order chi connectivity index (χ0) is 16.8. The monoisotopic (exact) mass is 310 g/mol. The summed E-state index contributed by atoms with van der Waals surface area (Å²) in [7, 11) is 0. The summed E-state index contributed by atoms with van der Waals surface area (Å²) in [5.41, 5.74) is 4.15. The van der Waals surface area contributed by atoms with Crippen molar-refractivity contribution in [3.63, 3.8) is 0 Å². The molecule has 0 aromatic heterocycles. The lowest BCUT2D eigenvalue weighted by Gasteiger charge is -2.20. The maximum atomic E-state index is 11.3. The minimum Gasteiger partial charge on any atom is -0.478 e. The van der Waals surface area contributed by atoms with Gasteiger partial charge in [-0.15, -0.1) is 0 Å². The summed E-state index contributed by atoms with van der Waals surface area (Å²) in [5, 5.41) is 21.8. The van der Waals surface area contributed by atoms with E-state index in [0.29, 0.717) is 6.42 Å². The Morgan fingerprint density at radius 2 is 2.26 bits per heavy atom. The molecule has 4 heteroatoms. The van der Waals surface area contributed by atoms with E-state index in [1.165, 1.54) is 0 Å². The highest BCUT2D eigenvalue weighted by Crippen LogP contribution is 2.35. The minimum absolute atomic E-state index is 0.128. The van der Waals surface area contributed by atoms with Crippen molar-refractivity contribution in [2.24, 2.45) is 5.92 Å². The summed E-state index contributed by atoms with van der Waals surface area (Å²) in [6, 6.07) is 5.68. The van der Waals surface area contributed by atoms with E-state index < -0.39 is 5.97 Å². The smallest absolute Gasteiger partial charge is 0.335 e. The van der Waals surface area contributed by atoms with Crippen LogP contribution in [0.1, 0.15) is 47.7 Å². The average Bonchev–Trinajstić information content (AvgIpc) is 2.54. The summed E-state index contributed by atoms with van der Waals surface area (Å²) in [5.74, 6) is -1.05. The number of allylic oxidation sites excluding steroid dienone is 4. The van der Waals surface area contributed by atoms with Gasteiger partial charge in [0.2, 0.25) is 0 Å². The number of carboxylic acids is 1. The number of benzene rings is 1. The molecule has 1 aliphatic rings. The second-order valence-electron chi connectivity index (χ2n) is 5.82. The van der Waals surface area contributed by atoms with Crippen LogP contribution in [-0.2, 0) is 0 Å². The molecule has 2 rings (SSSR count). The highest BCUT2D eigenvalue weighted by atomic mass is 16.4. The summed E-state index contributed by atoms with van der Waals surface area (Å²) >= 11 is 0. The molecule has 1 unspecified atom stereocenters. The quantitative estimate of drug-likeness (QED) is 0.764. The highest BCUT2D eigenvalue weighted by molar-refractivity contribution is 5.92. The molecule has 0 radical (unpaired) electrons. The number of hydrogen-bond acceptors (Lipinski definition) is 3. The van der Waals surface area contributed by atoms with Crippen LogP contribution in [0.4, 0.5) is 5.69 Å². The number of aromatic carboxylic acids is 1. The number of nitriles is 1. The van der Waals surface area contributed by atoms with E-state index in [1.54, 1.807) is 12.1 Å². The average molecular weight is 310 g/mol. The fourth-order valence-electron chi connectivity index (χ4n) is 2.83. The van der Waals surface area contributed by atoms with E-state index in [4.69, 9.17) is 5.26 Å². The van der Waals surface area contributed by atoms with E-state index in [2.05, 4.69) is 18.3 Å². The summed E-state index contributed by atoms with van der Waals surface area (Å²) in [6.45, 7) is 4.84. The molecule has 1 atom stereocenters. The van der Waals surface area contributed by atoms with Gasteiger partial charge in [-0.1, -0.05) is 31.6 Å². The van der Waals surface area contributed by atoms with Gasteiger partial charge in [0.15, 0.2) is 0 Å². The standard InChI is InChI=1S/C19H22N2O2/c1-3-4-8-21-17-11-16(19(22)23)9-13(2)18(17)15-7-5-6-14(10-15)12-20/h5-7,9,11,14,21H,3-4,8,10H2,1-2H3,(H,22,23). The van der Waals surface area contributed by atoms with E-state index >= 15 is 0 Å². The van der Waals surface area contributed by atoms with Gasteiger partial charge in [0.1, 0.15) is 0 Å². The Kier molecular flexibility index (Phi) is 5.59. The maximum absolute atomic E-state index is 11.3. The third-order valence-corrected chi connectivity index (χ3v) is 4.00. The molecule has 23 heavy (non-hydrogen) atoms. The van der Waals surface area contributed by atoms with Crippen LogP contribution in [0.5, 0.6) is 0 Å². The van der Waals surface area contributed by atoms with Gasteiger partial charge in [0.25, 0.3) is 0 Å². The Hall–Kier alpha value is -2.54. The molecule has 1 aliphatic carbocycles. The van der Waals surface area contributed by atoms with Crippen LogP contribution in [0.3, 0.4) is 0 Å². The number of nitrogens with one attached hydrogen (secondary N) is 1. The topological polar surface area (TPSA) is 73.1 Å². The molecule has 0 saturated carbocycles. The number of rotatable bonds is 6. The Morgan fingerprint density at radius 3 is 2.91 bits per heavy atom. The van der Waals surface area contributed by atoms with Crippen LogP contribution in [0, 0.1) is 24.2 Å². The van der Waals surface area contributed by atoms with Crippen LogP contribution in [0.25, 0.3) is 5.57 Å². The molecule has 0 heterocycles. The molecular formula is C19H22N2O2. The zero-order valence-electron chi connectivity index (χ0n) is 13.6. The molecule has 4 nitrogen and oxygen atoms in total. The molecule has 0 bridgehead atoms. The van der Waals surface area contributed by atoms with Crippen LogP contribution < -0.4 is 5.32 Å². The largest absolute Gasteiger partial charge is 0.478 e. The highest BCUT2D eigenvalue weighted by Gasteiger charge is 2.19. The van der Waals surface area contributed by atoms with Gasteiger partial charge in [-0.25, -0.2) is 4.79 Å². The van der Waals surface area contributed by atoms with Gasteiger partial charge in [-0.05, 0) is 43.0 Å². The Morgan fingerprint density at radius 1 is 1.48 bits per heavy atom.